The third-order valence-corrected chi connectivity index (χ3v) is 9.02. The highest BCUT2D eigenvalue weighted by Gasteiger charge is 2.48. The molecule has 1 saturated carbocycles. The van der Waals surface area contributed by atoms with Crippen molar-refractivity contribution in [1.82, 2.24) is 14.5 Å². The predicted octanol–water partition coefficient (Wildman–Crippen LogP) is 3.90. The van der Waals surface area contributed by atoms with Gasteiger partial charge in [-0.1, -0.05) is 0 Å². The van der Waals surface area contributed by atoms with E-state index in [1.54, 1.807) is 32.6 Å². The van der Waals surface area contributed by atoms with Gasteiger partial charge in [-0.3, -0.25) is 9.78 Å². The minimum absolute atomic E-state index is 0.143. The number of aromatic nitrogens is 3. The lowest BCUT2D eigenvalue weighted by Crippen LogP contribution is -2.34. The van der Waals surface area contributed by atoms with Gasteiger partial charge in [0.25, 0.3) is 0 Å². The number of rotatable bonds is 5. The summed E-state index contributed by atoms with van der Waals surface area (Å²) < 4.78 is 32.0. The van der Waals surface area contributed by atoms with Crippen LogP contribution in [0.4, 0.5) is 20.2 Å². The second-order valence-electron chi connectivity index (χ2n) is 11.4. The third kappa shape index (κ3) is 3.75. The lowest BCUT2D eigenvalue weighted by atomic mass is 9.96. The standard InChI is InChI=1S/C30H28F2N6O3/c1-34-21-9-20(31)25(32)23-16(21)8-22-24(23)26(38-6-3-15(12-38)30(33)4-5-30)18(11-35-22)14-7-17-27(39)19(29(40)41)13-37(2)28(17)36-10-14/h7,9-11,13,15,34H,3-6,8,12,33H2,1-2H3,(H,40,41). The molecule has 11 heteroatoms. The molecule has 3 aliphatic rings. The zero-order valence-corrected chi connectivity index (χ0v) is 22.6. The molecule has 4 heterocycles. The molecule has 1 atom stereocenters. The van der Waals surface area contributed by atoms with E-state index in [1.165, 1.54) is 16.8 Å². The number of benzene rings is 1. The molecule has 210 valence electrons. The number of nitrogens with one attached hydrogen (secondary N) is 1. The van der Waals surface area contributed by atoms with Crippen molar-refractivity contribution in [1.29, 1.82) is 0 Å². The van der Waals surface area contributed by atoms with Gasteiger partial charge in [-0.2, -0.15) is 0 Å². The highest BCUT2D eigenvalue weighted by Crippen LogP contribution is 2.52. The van der Waals surface area contributed by atoms with Crippen molar-refractivity contribution in [2.24, 2.45) is 18.7 Å². The van der Waals surface area contributed by atoms with E-state index in [0.717, 1.165) is 19.3 Å². The van der Waals surface area contributed by atoms with Crippen LogP contribution in [-0.2, 0) is 13.5 Å². The van der Waals surface area contributed by atoms with Crippen molar-refractivity contribution >= 4 is 28.4 Å². The van der Waals surface area contributed by atoms with Crippen LogP contribution in [0.15, 0.2) is 35.5 Å². The number of nitrogens with two attached hydrogens (primary N) is 1. The van der Waals surface area contributed by atoms with E-state index in [1.807, 2.05) is 0 Å². The Morgan fingerprint density at radius 3 is 2.68 bits per heavy atom. The van der Waals surface area contributed by atoms with Crippen LogP contribution < -0.4 is 21.4 Å². The summed E-state index contributed by atoms with van der Waals surface area (Å²) in [7, 11) is 3.30. The second-order valence-corrected chi connectivity index (χ2v) is 11.4. The van der Waals surface area contributed by atoms with Gasteiger partial charge in [0.2, 0.25) is 5.43 Å². The predicted molar refractivity (Wildman–Crippen MR) is 151 cm³/mol. The van der Waals surface area contributed by atoms with E-state index in [4.69, 9.17) is 10.7 Å². The van der Waals surface area contributed by atoms with Crippen LogP contribution >= 0.6 is 0 Å². The van der Waals surface area contributed by atoms with Crippen LogP contribution in [0, 0.1) is 17.6 Å². The van der Waals surface area contributed by atoms with Crippen LogP contribution in [0.2, 0.25) is 0 Å². The molecule has 7 rings (SSSR count). The van der Waals surface area contributed by atoms with Crippen molar-refractivity contribution in [3.05, 3.63) is 69.4 Å². The number of carboxylic acid groups (broad SMARTS) is 1. The monoisotopic (exact) mass is 558 g/mol. The third-order valence-electron chi connectivity index (χ3n) is 9.02. The number of fused-ring (bicyclic) bond motifs is 4. The fraction of sp³-hybridized carbons (Fsp3) is 0.333. The summed E-state index contributed by atoms with van der Waals surface area (Å²) in [6.45, 7) is 1.32. The Balaban J connectivity index is 1.49. The SMILES string of the molecule is CNc1cc(F)c(F)c2c1Cc1ncc(-c3cnc4c(c3)c(=O)c(C(=O)O)cn4C)c(N3CCC(C4(N)CC4)C3)c1-2. The van der Waals surface area contributed by atoms with Gasteiger partial charge in [0, 0.05) is 91.7 Å². The molecular weight excluding hydrogens is 530 g/mol. The first-order chi connectivity index (χ1) is 19.6. The number of aryl methyl sites for hydroxylation is 1. The average Bonchev–Trinajstić information content (AvgIpc) is 3.34. The van der Waals surface area contributed by atoms with Crippen LogP contribution in [0.1, 0.15) is 40.9 Å². The molecule has 0 amide bonds. The fourth-order valence-corrected chi connectivity index (χ4v) is 6.62. The summed E-state index contributed by atoms with van der Waals surface area (Å²) in [5.41, 5.74) is 10.0. The molecular formula is C30H28F2N6O3. The summed E-state index contributed by atoms with van der Waals surface area (Å²) in [5, 5.41) is 12.7. The van der Waals surface area contributed by atoms with Crippen molar-refractivity contribution in [3.8, 4) is 22.3 Å². The summed E-state index contributed by atoms with van der Waals surface area (Å²) in [4.78, 5) is 36.3. The van der Waals surface area contributed by atoms with Crippen LogP contribution in [-0.4, -0.2) is 51.3 Å². The molecule has 0 bridgehead atoms. The maximum Gasteiger partial charge on any atom is 0.341 e. The lowest BCUT2D eigenvalue weighted by molar-refractivity contribution is 0.0695. The average molecular weight is 559 g/mol. The number of hydrogen-bond acceptors (Lipinski definition) is 7. The Morgan fingerprint density at radius 1 is 1.20 bits per heavy atom. The highest BCUT2D eigenvalue weighted by molar-refractivity contribution is 5.98. The maximum atomic E-state index is 15.6. The Morgan fingerprint density at radius 2 is 1.98 bits per heavy atom. The lowest BCUT2D eigenvalue weighted by Gasteiger charge is -2.27. The van der Waals surface area contributed by atoms with Crippen LogP contribution in [0.5, 0.6) is 0 Å². The first-order valence-corrected chi connectivity index (χ1v) is 13.6. The van der Waals surface area contributed by atoms with Gasteiger partial charge in [-0.25, -0.2) is 18.6 Å². The number of aromatic carboxylic acids is 1. The molecule has 1 aromatic carbocycles. The molecule has 2 aliphatic carbocycles. The van der Waals surface area contributed by atoms with Gasteiger partial charge in [-0.05, 0) is 36.8 Å². The Labute approximate surface area is 233 Å². The number of carbonyl (C=O) groups is 1. The summed E-state index contributed by atoms with van der Waals surface area (Å²) in [6, 6.07) is 2.78. The van der Waals surface area contributed by atoms with Gasteiger partial charge in [0.15, 0.2) is 11.6 Å². The van der Waals surface area contributed by atoms with Crippen molar-refractivity contribution < 1.29 is 18.7 Å². The summed E-state index contributed by atoms with van der Waals surface area (Å²) in [6.07, 6.45) is 7.67. The minimum Gasteiger partial charge on any atom is -0.477 e. The number of anilines is 2. The molecule has 4 aromatic rings. The minimum atomic E-state index is -1.33. The first-order valence-electron chi connectivity index (χ1n) is 13.6. The quantitative estimate of drug-likeness (QED) is 0.297. The van der Waals surface area contributed by atoms with E-state index in [9.17, 15) is 19.1 Å². The van der Waals surface area contributed by atoms with Crippen molar-refractivity contribution in [2.45, 2.75) is 31.2 Å². The van der Waals surface area contributed by atoms with Gasteiger partial charge in [-0.15, -0.1) is 0 Å². The van der Waals surface area contributed by atoms with E-state index >= 15 is 4.39 Å². The summed E-state index contributed by atoms with van der Waals surface area (Å²) >= 11 is 0. The topological polar surface area (TPSA) is 126 Å². The number of halogens is 2. The molecule has 9 nitrogen and oxygen atoms in total. The molecule has 4 N–H and O–H groups in total. The Kier molecular flexibility index (Phi) is 5.50. The number of pyridine rings is 3. The van der Waals surface area contributed by atoms with Crippen molar-refractivity contribution in [2.75, 3.05) is 30.4 Å². The van der Waals surface area contributed by atoms with E-state index in [0.29, 0.717) is 64.5 Å². The smallest absolute Gasteiger partial charge is 0.341 e. The number of nitrogens with zero attached hydrogens (tertiary/aromatic N) is 4. The second kappa shape index (κ2) is 8.81. The number of hydrogen-bond donors (Lipinski definition) is 3. The van der Waals surface area contributed by atoms with E-state index < -0.39 is 23.0 Å². The van der Waals surface area contributed by atoms with Crippen LogP contribution in [0.25, 0.3) is 33.3 Å². The van der Waals surface area contributed by atoms with Gasteiger partial charge in [0.1, 0.15) is 11.2 Å². The van der Waals surface area contributed by atoms with Gasteiger partial charge < -0.3 is 25.6 Å². The zero-order chi connectivity index (χ0) is 28.8. The Bertz CT molecular complexity index is 1870. The molecule has 2 fully saturated rings. The molecule has 0 radical (unpaired) electrons. The molecule has 1 unspecified atom stereocenters. The normalized spacial score (nSPS) is 18.5. The molecule has 0 spiro atoms. The maximum absolute atomic E-state index is 15.6. The van der Waals surface area contributed by atoms with Gasteiger partial charge >= 0.3 is 5.97 Å². The fourth-order valence-electron chi connectivity index (χ4n) is 6.62. The van der Waals surface area contributed by atoms with Crippen molar-refractivity contribution in [3.63, 3.8) is 0 Å². The zero-order valence-electron chi connectivity index (χ0n) is 22.6. The molecule has 1 aliphatic heterocycles. The van der Waals surface area contributed by atoms with Crippen LogP contribution in [0.3, 0.4) is 0 Å². The first kappa shape index (κ1) is 25.6. The number of carboxylic acids is 1. The largest absolute Gasteiger partial charge is 0.477 e. The summed E-state index contributed by atoms with van der Waals surface area (Å²) in [5.74, 6) is -2.95. The van der Waals surface area contributed by atoms with Gasteiger partial charge in [0.05, 0.1) is 16.8 Å². The molecule has 41 heavy (non-hydrogen) atoms. The highest BCUT2D eigenvalue weighted by atomic mass is 19.2. The molecule has 1 saturated heterocycles. The van der Waals surface area contributed by atoms with E-state index in [-0.39, 0.29) is 28.0 Å². The Hall–Kier alpha value is -4.38. The van der Waals surface area contributed by atoms with E-state index in [2.05, 4.69) is 15.2 Å². The molecule has 3 aromatic heterocycles.